The highest BCUT2D eigenvalue weighted by Crippen LogP contribution is 2.51. The average molecular weight is 303 g/mol. The second kappa shape index (κ2) is 5.05. The number of hydrogen-bond donors (Lipinski definition) is 2. The molecule has 106 valence electrons. The van der Waals surface area contributed by atoms with E-state index in [1.807, 2.05) is 0 Å². The number of benzene rings is 1. The molecule has 4 nitrogen and oxygen atoms in total. The van der Waals surface area contributed by atoms with Gasteiger partial charge in [-0.2, -0.15) is 0 Å². The molecule has 3 N–H and O–H groups in total. The predicted molar refractivity (Wildman–Crippen MR) is 76.4 cm³/mol. The highest BCUT2D eigenvalue weighted by molar-refractivity contribution is 7.89. The van der Waals surface area contributed by atoms with Gasteiger partial charge in [0.25, 0.3) is 0 Å². The van der Waals surface area contributed by atoms with Crippen molar-refractivity contribution in [2.45, 2.75) is 31.7 Å². The molecule has 1 saturated carbocycles. The minimum atomic E-state index is -3.48. The minimum Gasteiger partial charge on any atom is -0.326 e. The minimum absolute atomic E-state index is 0.218. The van der Waals surface area contributed by atoms with Gasteiger partial charge in [0.2, 0.25) is 10.0 Å². The van der Waals surface area contributed by atoms with E-state index in [9.17, 15) is 8.42 Å². The SMILES string of the molecule is CC1(C)CC1CNS(=O)(=O)c1ccc(Cl)c(CN)c1. The molecule has 1 atom stereocenters. The summed E-state index contributed by atoms with van der Waals surface area (Å²) in [5, 5.41) is 0.491. The number of halogens is 1. The lowest BCUT2D eigenvalue weighted by Gasteiger charge is -2.09. The van der Waals surface area contributed by atoms with Crippen LogP contribution in [0.15, 0.2) is 23.1 Å². The van der Waals surface area contributed by atoms with Crippen LogP contribution < -0.4 is 10.5 Å². The quantitative estimate of drug-likeness (QED) is 0.875. The summed E-state index contributed by atoms with van der Waals surface area (Å²) in [4.78, 5) is 0.218. The molecule has 6 heteroatoms. The molecule has 19 heavy (non-hydrogen) atoms. The molecule has 0 radical (unpaired) electrons. The van der Waals surface area contributed by atoms with Gasteiger partial charge in [-0.1, -0.05) is 25.4 Å². The van der Waals surface area contributed by atoms with E-state index < -0.39 is 10.0 Å². The van der Waals surface area contributed by atoms with Gasteiger partial charge in [-0.25, -0.2) is 13.1 Å². The zero-order chi connectivity index (χ0) is 14.3. The first-order valence-electron chi connectivity index (χ1n) is 6.24. The third kappa shape index (κ3) is 3.28. The van der Waals surface area contributed by atoms with Crippen LogP contribution in [0.1, 0.15) is 25.8 Å². The Bertz CT molecular complexity index is 584. The lowest BCUT2D eigenvalue weighted by Crippen LogP contribution is -2.27. The van der Waals surface area contributed by atoms with Gasteiger partial charge >= 0.3 is 0 Å². The van der Waals surface area contributed by atoms with Crippen molar-refractivity contribution in [1.82, 2.24) is 4.72 Å². The summed E-state index contributed by atoms with van der Waals surface area (Å²) in [5.74, 6) is 0.420. The molecule has 0 bridgehead atoms. The summed E-state index contributed by atoms with van der Waals surface area (Å²) >= 11 is 5.93. The summed E-state index contributed by atoms with van der Waals surface area (Å²) in [5.41, 5.74) is 6.42. The van der Waals surface area contributed by atoms with Crippen molar-refractivity contribution in [3.63, 3.8) is 0 Å². The van der Waals surface area contributed by atoms with Gasteiger partial charge < -0.3 is 5.73 Å². The average Bonchev–Trinajstić information content (AvgIpc) is 2.95. The molecule has 0 aliphatic heterocycles. The Hall–Kier alpha value is -0.620. The van der Waals surface area contributed by atoms with Crippen LogP contribution in [-0.2, 0) is 16.6 Å². The maximum Gasteiger partial charge on any atom is 0.240 e. The Kier molecular flexibility index (Phi) is 3.93. The first-order valence-corrected chi connectivity index (χ1v) is 8.10. The molecule has 1 fully saturated rings. The molecule has 2 rings (SSSR count). The lowest BCUT2D eigenvalue weighted by atomic mass is 10.1. The van der Waals surface area contributed by atoms with Crippen molar-refractivity contribution in [2.24, 2.45) is 17.1 Å². The highest BCUT2D eigenvalue weighted by atomic mass is 35.5. The van der Waals surface area contributed by atoms with E-state index in [1.54, 1.807) is 6.07 Å². The van der Waals surface area contributed by atoms with E-state index in [2.05, 4.69) is 18.6 Å². The number of nitrogens with one attached hydrogen (secondary N) is 1. The fourth-order valence-electron chi connectivity index (χ4n) is 2.09. The van der Waals surface area contributed by atoms with Gasteiger partial charge in [0.05, 0.1) is 4.90 Å². The third-order valence-corrected chi connectivity index (χ3v) is 5.57. The van der Waals surface area contributed by atoms with Crippen molar-refractivity contribution < 1.29 is 8.42 Å². The maximum absolute atomic E-state index is 12.2. The van der Waals surface area contributed by atoms with Gasteiger partial charge in [-0.3, -0.25) is 0 Å². The summed E-state index contributed by atoms with van der Waals surface area (Å²) in [7, 11) is -3.48. The molecule has 1 aromatic carbocycles. The van der Waals surface area contributed by atoms with Crippen LogP contribution in [0.25, 0.3) is 0 Å². The van der Waals surface area contributed by atoms with Crippen LogP contribution in [0.2, 0.25) is 5.02 Å². The maximum atomic E-state index is 12.2. The molecule has 1 unspecified atom stereocenters. The molecule has 0 heterocycles. The van der Waals surface area contributed by atoms with Crippen molar-refractivity contribution in [3.05, 3.63) is 28.8 Å². The van der Waals surface area contributed by atoms with Crippen LogP contribution in [0.4, 0.5) is 0 Å². The van der Waals surface area contributed by atoms with Crippen molar-refractivity contribution in [2.75, 3.05) is 6.54 Å². The molecular weight excluding hydrogens is 284 g/mol. The van der Waals surface area contributed by atoms with Crippen LogP contribution >= 0.6 is 11.6 Å². The van der Waals surface area contributed by atoms with Gasteiger partial charge in [0.1, 0.15) is 0 Å². The molecule has 1 aliphatic carbocycles. The molecular formula is C13H19ClN2O2S. The lowest BCUT2D eigenvalue weighted by molar-refractivity contribution is 0.537. The molecule has 0 amide bonds. The first kappa shape index (κ1) is 14.8. The molecule has 1 aliphatic rings. The molecule has 0 saturated heterocycles. The fraction of sp³-hybridized carbons (Fsp3) is 0.538. The van der Waals surface area contributed by atoms with E-state index in [0.717, 1.165) is 6.42 Å². The number of nitrogens with two attached hydrogens (primary N) is 1. The topological polar surface area (TPSA) is 72.2 Å². The Morgan fingerprint density at radius 1 is 1.47 bits per heavy atom. The zero-order valence-electron chi connectivity index (χ0n) is 11.1. The van der Waals surface area contributed by atoms with Gasteiger partial charge in [0.15, 0.2) is 0 Å². The molecule has 1 aromatic rings. The second-order valence-electron chi connectivity index (χ2n) is 5.70. The fourth-order valence-corrected chi connectivity index (χ4v) is 3.42. The van der Waals surface area contributed by atoms with Gasteiger partial charge in [-0.05, 0) is 41.5 Å². The van der Waals surface area contributed by atoms with Crippen LogP contribution in [-0.4, -0.2) is 15.0 Å². The van der Waals surface area contributed by atoms with Crippen molar-refractivity contribution >= 4 is 21.6 Å². The van der Waals surface area contributed by atoms with E-state index in [4.69, 9.17) is 17.3 Å². The monoisotopic (exact) mass is 302 g/mol. The van der Waals surface area contributed by atoms with E-state index in [-0.39, 0.29) is 16.9 Å². The summed E-state index contributed by atoms with van der Waals surface area (Å²) in [6, 6.07) is 4.60. The Labute approximate surface area is 119 Å². The zero-order valence-corrected chi connectivity index (χ0v) is 12.7. The van der Waals surface area contributed by atoms with E-state index >= 15 is 0 Å². The number of hydrogen-bond acceptors (Lipinski definition) is 3. The largest absolute Gasteiger partial charge is 0.326 e. The summed E-state index contributed by atoms with van der Waals surface area (Å²) < 4.78 is 27.0. The standard InChI is InChI=1S/C13H19ClN2O2S/c1-13(2)6-10(13)8-16-19(17,18)11-3-4-12(14)9(5-11)7-15/h3-5,10,16H,6-8,15H2,1-2H3. The molecule has 0 aromatic heterocycles. The van der Waals surface area contributed by atoms with Crippen LogP contribution in [0, 0.1) is 11.3 Å². The Morgan fingerprint density at radius 3 is 2.63 bits per heavy atom. The smallest absolute Gasteiger partial charge is 0.240 e. The number of sulfonamides is 1. The highest BCUT2D eigenvalue weighted by Gasteiger charge is 2.45. The number of rotatable bonds is 5. The van der Waals surface area contributed by atoms with Crippen molar-refractivity contribution in [1.29, 1.82) is 0 Å². The predicted octanol–water partition coefficient (Wildman–Crippen LogP) is 2.12. The third-order valence-electron chi connectivity index (χ3n) is 3.78. The van der Waals surface area contributed by atoms with Crippen LogP contribution in [0.5, 0.6) is 0 Å². The van der Waals surface area contributed by atoms with Crippen LogP contribution in [0.3, 0.4) is 0 Å². The normalized spacial score (nSPS) is 21.4. The second-order valence-corrected chi connectivity index (χ2v) is 7.87. The summed E-state index contributed by atoms with van der Waals surface area (Å²) in [6.45, 7) is 4.98. The summed E-state index contributed by atoms with van der Waals surface area (Å²) in [6.07, 6.45) is 1.06. The first-order chi connectivity index (χ1) is 8.76. The van der Waals surface area contributed by atoms with Crippen molar-refractivity contribution in [3.8, 4) is 0 Å². The van der Waals surface area contributed by atoms with E-state index in [0.29, 0.717) is 23.0 Å². The van der Waals surface area contributed by atoms with Gasteiger partial charge in [0, 0.05) is 18.1 Å². The Balaban J connectivity index is 2.11. The Morgan fingerprint density at radius 2 is 2.11 bits per heavy atom. The molecule has 0 spiro atoms. The van der Waals surface area contributed by atoms with Gasteiger partial charge in [-0.15, -0.1) is 0 Å². The van der Waals surface area contributed by atoms with E-state index in [1.165, 1.54) is 12.1 Å².